The highest BCUT2D eigenvalue weighted by molar-refractivity contribution is 6.32. The number of phenols is 1. The smallest absolute Gasteiger partial charge is 0.142 e. The number of hydrogen-bond acceptors (Lipinski definition) is 5. The van der Waals surface area contributed by atoms with Gasteiger partial charge in [-0.25, -0.2) is 9.97 Å². The number of halogens is 1. The predicted octanol–water partition coefficient (Wildman–Crippen LogP) is 2.79. The number of aryl methyl sites for hydroxylation is 1. The standard InChI is InChI=1S/C15H14ClN5O/c1-8-18-6-11(21(8)2)15-14(19-7-13(17)20-15)9-3-4-12(22)10(16)5-9/h3-7,22H,1-2H3,(H2,17,20). The van der Waals surface area contributed by atoms with Crippen molar-refractivity contribution in [3.8, 4) is 28.4 Å². The van der Waals surface area contributed by atoms with Crippen LogP contribution in [0.2, 0.25) is 5.02 Å². The molecule has 112 valence electrons. The molecular weight excluding hydrogens is 302 g/mol. The Bertz CT molecular complexity index is 859. The van der Waals surface area contributed by atoms with Gasteiger partial charge in [-0.15, -0.1) is 0 Å². The molecule has 7 heteroatoms. The number of nitrogens with zero attached hydrogens (tertiary/aromatic N) is 4. The molecule has 0 atom stereocenters. The van der Waals surface area contributed by atoms with Crippen molar-refractivity contribution in [2.24, 2.45) is 7.05 Å². The fourth-order valence-corrected chi connectivity index (χ4v) is 2.35. The third-order valence-electron chi connectivity index (χ3n) is 3.48. The fourth-order valence-electron chi connectivity index (χ4n) is 2.17. The van der Waals surface area contributed by atoms with Crippen molar-refractivity contribution in [2.45, 2.75) is 6.92 Å². The van der Waals surface area contributed by atoms with Gasteiger partial charge in [-0.3, -0.25) is 4.98 Å². The van der Waals surface area contributed by atoms with Crippen molar-refractivity contribution < 1.29 is 5.11 Å². The number of aromatic nitrogens is 4. The molecule has 6 nitrogen and oxygen atoms in total. The summed E-state index contributed by atoms with van der Waals surface area (Å²) in [5, 5.41) is 9.82. The van der Waals surface area contributed by atoms with Crippen molar-refractivity contribution in [3.05, 3.63) is 41.4 Å². The number of hydrogen-bond donors (Lipinski definition) is 2. The number of nitrogen functional groups attached to an aromatic ring is 1. The Labute approximate surface area is 132 Å². The van der Waals surface area contributed by atoms with Gasteiger partial charge >= 0.3 is 0 Å². The molecule has 0 fully saturated rings. The molecule has 0 radical (unpaired) electrons. The summed E-state index contributed by atoms with van der Waals surface area (Å²) >= 11 is 5.99. The van der Waals surface area contributed by atoms with E-state index in [1.807, 2.05) is 18.5 Å². The van der Waals surface area contributed by atoms with Crippen LogP contribution in [0.3, 0.4) is 0 Å². The molecule has 0 aliphatic rings. The van der Waals surface area contributed by atoms with E-state index in [0.717, 1.165) is 17.1 Å². The van der Waals surface area contributed by atoms with Crippen LogP contribution in [0.25, 0.3) is 22.6 Å². The molecule has 2 heterocycles. The summed E-state index contributed by atoms with van der Waals surface area (Å²) in [7, 11) is 1.90. The van der Waals surface area contributed by atoms with Crippen LogP contribution < -0.4 is 5.73 Å². The van der Waals surface area contributed by atoms with Crippen LogP contribution in [-0.2, 0) is 7.05 Å². The number of rotatable bonds is 2. The summed E-state index contributed by atoms with van der Waals surface area (Å²) in [5.41, 5.74) is 8.57. The van der Waals surface area contributed by atoms with Crippen molar-refractivity contribution >= 4 is 17.4 Å². The first-order chi connectivity index (χ1) is 10.5. The zero-order valence-electron chi connectivity index (χ0n) is 12.1. The molecule has 0 aliphatic carbocycles. The summed E-state index contributed by atoms with van der Waals surface area (Å²) in [5.74, 6) is 1.20. The van der Waals surface area contributed by atoms with Crippen molar-refractivity contribution in [3.63, 3.8) is 0 Å². The molecule has 0 spiro atoms. The number of aromatic hydroxyl groups is 1. The molecule has 0 unspecified atom stereocenters. The lowest BCUT2D eigenvalue weighted by atomic mass is 10.1. The maximum absolute atomic E-state index is 9.57. The Morgan fingerprint density at radius 2 is 1.95 bits per heavy atom. The Balaban J connectivity index is 2.24. The molecule has 22 heavy (non-hydrogen) atoms. The van der Waals surface area contributed by atoms with E-state index in [-0.39, 0.29) is 10.8 Å². The van der Waals surface area contributed by atoms with E-state index in [1.54, 1.807) is 18.3 Å². The summed E-state index contributed by atoms with van der Waals surface area (Å²) in [6.07, 6.45) is 3.22. The van der Waals surface area contributed by atoms with E-state index >= 15 is 0 Å². The Morgan fingerprint density at radius 1 is 1.18 bits per heavy atom. The van der Waals surface area contributed by atoms with E-state index in [2.05, 4.69) is 15.0 Å². The Hall–Kier alpha value is -2.60. The lowest BCUT2D eigenvalue weighted by Crippen LogP contribution is -2.02. The van der Waals surface area contributed by atoms with Gasteiger partial charge in [-0.2, -0.15) is 0 Å². The molecule has 3 N–H and O–H groups in total. The first kappa shape index (κ1) is 14.3. The van der Waals surface area contributed by atoms with Crippen LogP contribution in [0.1, 0.15) is 5.82 Å². The average Bonchev–Trinajstić information content (AvgIpc) is 2.82. The summed E-state index contributed by atoms with van der Waals surface area (Å²) in [6, 6.07) is 4.89. The summed E-state index contributed by atoms with van der Waals surface area (Å²) in [4.78, 5) is 13.0. The van der Waals surface area contributed by atoms with Crippen molar-refractivity contribution in [2.75, 3.05) is 5.73 Å². The van der Waals surface area contributed by atoms with Crippen LogP contribution in [-0.4, -0.2) is 24.6 Å². The van der Waals surface area contributed by atoms with E-state index in [9.17, 15) is 5.11 Å². The number of imidazole rings is 1. The van der Waals surface area contributed by atoms with E-state index < -0.39 is 0 Å². The largest absolute Gasteiger partial charge is 0.506 e. The van der Waals surface area contributed by atoms with Gasteiger partial charge in [-0.05, 0) is 25.1 Å². The second kappa shape index (κ2) is 5.31. The second-order valence-corrected chi connectivity index (χ2v) is 5.32. The van der Waals surface area contributed by atoms with Gasteiger partial charge in [0.25, 0.3) is 0 Å². The van der Waals surface area contributed by atoms with Crippen LogP contribution in [0.5, 0.6) is 5.75 Å². The van der Waals surface area contributed by atoms with Crippen LogP contribution in [0.4, 0.5) is 5.82 Å². The van der Waals surface area contributed by atoms with Gasteiger partial charge in [0.2, 0.25) is 0 Å². The minimum absolute atomic E-state index is 0.0201. The van der Waals surface area contributed by atoms with Gasteiger partial charge < -0.3 is 15.4 Å². The molecule has 3 rings (SSSR count). The van der Waals surface area contributed by atoms with Crippen molar-refractivity contribution in [1.82, 2.24) is 19.5 Å². The van der Waals surface area contributed by atoms with Gasteiger partial charge in [0, 0.05) is 12.6 Å². The van der Waals surface area contributed by atoms with E-state index in [4.69, 9.17) is 17.3 Å². The van der Waals surface area contributed by atoms with Gasteiger partial charge in [0.1, 0.15) is 23.1 Å². The molecular formula is C15H14ClN5O. The van der Waals surface area contributed by atoms with Gasteiger partial charge in [0.05, 0.1) is 28.8 Å². The van der Waals surface area contributed by atoms with Crippen molar-refractivity contribution in [1.29, 1.82) is 0 Å². The quantitative estimate of drug-likeness (QED) is 0.759. The maximum Gasteiger partial charge on any atom is 0.142 e. The Morgan fingerprint density at radius 3 is 2.59 bits per heavy atom. The topological polar surface area (TPSA) is 89.8 Å². The number of phenolic OH excluding ortho intramolecular Hbond substituents is 1. The molecule has 0 bridgehead atoms. The fraction of sp³-hybridized carbons (Fsp3) is 0.133. The normalized spacial score (nSPS) is 10.9. The highest BCUT2D eigenvalue weighted by Crippen LogP contribution is 2.33. The summed E-state index contributed by atoms with van der Waals surface area (Å²) < 4.78 is 1.91. The minimum atomic E-state index is 0.0201. The van der Waals surface area contributed by atoms with Crippen LogP contribution in [0.15, 0.2) is 30.6 Å². The Kier molecular flexibility index (Phi) is 3.46. The predicted molar refractivity (Wildman–Crippen MR) is 85.5 cm³/mol. The first-order valence-electron chi connectivity index (χ1n) is 6.57. The number of benzene rings is 1. The summed E-state index contributed by atoms with van der Waals surface area (Å²) in [6.45, 7) is 1.90. The minimum Gasteiger partial charge on any atom is -0.506 e. The molecule has 0 aliphatic heterocycles. The first-order valence-corrected chi connectivity index (χ1v) is 6.95. The lowest BCUT2D eigenvalue weighted by Gasteiger charge is -2.10. The van der Waals surface area contributed by atoms with Gasteiger partial charge in [0.15, 0.2) is 0 Å². The molecule has 2 aromatic heterocycles. The maximum atomic E-state index is 9.57. The molecule has 1 aromatic carbocycles. The zero-order valence-corrected chi connectivity index (χ0v) is 12.8. The molecule has 3 aromatic rings. The molecule has 0 amide bonds. The molecule has 0 saturated heterocycles. The highest BCUT2D eigenvalue weighted by atomic mass is 35.5. The average molecular weight is 316 g/mol. The monoisotopic (exact) mass is 315 g/mol. The van der Waals surface area contributed by atoms with Crippen LogP contribution >= 0.6 is 11.6 Å². The number of anilines is 1. The molecule has 0 saturated carbocycles. The third kappa shape index (κ3) is 2.37. The zero-order chi connectivity index (χ0) is 15.9. The number of nitrogens with two attached hydrogens (primary N) is 1. The van der Waals surface area contributed by atoms with E-state index in [1.165, 1.54) is 12.3 Å². The van der Waals surface area contributed by atoms with Crippen LogP contribution in [0, 0.1) is 6.92 Å². The SMILES string of the molecule is Cc1ncc(-c2nc(N)cnc2-c2ccc(O)c(Cl)c2)n1C. The highest BCUT2D eigenvalue weighted by Gasteiger charge is 2.16. The lowest BCUT2D eigenvalue weighted by molar-refractivity contribution is 0.475. The van der Waals surface area contributed by atoms with E-state index in [0.29, 0.717) is 17.2 Å². The van der Waals surface area contributed by atoms with Gasteiger partial charge in [-0.1, -0.05) is 11.6 Å². The third-order valence-corrected chi connectivity index (χ3v) is 3.78. The second-order valence-electron chi connectivity index (χ2n) is 4.91.